The van der Waals surface area contributed by atoms with Crippen molar-refractivity contribution in [2.45, 2.75) is 13.5 Å². The molecule has 0 fully saturated rings. The third kappa shape index (κ3) is 1.23. The Morgan fingerprint density at radius 3 is 2.89 bits per heavy atom. The van der Waals surface area contributed by atoms with Crippen LogP contribution < -0.4 is 5.73 Å². The summed E-state index contributed by atoms with van der Waals surface area (Å²) >= 11 is 0. The maximum Gasteiger partial charge on any atom is 0.0795 e. The Labute approximate surface area is 53.9 Å². The van der Waals surface area contributed by atoms with Crippen molar-refractivity contribution in [1.82, 2.24) is 10.2 Å². The van der Waals surface area contributed by atoms with E-state index < -0.39 is 0 Å². The number of aryl methyl sites for hydroxylation is 1. The first kappa shape index (κ1) is 6.16. The normalized spacial score (nSPS) is 9.56. The lowest BCUT2D eigenvalue weighted by molar-refractivity contribution is 0.881. The molecule has 2 N–H and O–H groups in total. The van der Waals surface area contributed by atoms with Crippen LogP contribution >= 0.6 is 0 Å². The minimum atomic E-state index is 0.472. The van der Waals surface area contributed by atoms with Crippen LogP contribution in [0.4, 0.5) is 0 Å². The maximum absolute atomic E-state index is 5.35. The van der Waals surface area contributed by atoms with Gasteiger partial charge in [0.25, 0.3) is 0 Å². The highest BCUT2D eigenvalue weighted by Gasteiger charge is 1.93. The largest absolute Gasteiger partial charge is 0.325 e. The molecule has 0 unspecified atom stereocenters. The van der Waals surface area contributed by atoms with E-state index in [1.807, 2.05) is 13.0 Å². The van der Waals surface area contributed by atoms with E-state index in [-0.39, 0.29) is 0 Å². The van der Waals surface area contributed by atoms with E-state index in [4.69, 9.17) is 5.73 Å². The predicted octanol–water partition coefficient (Wildman–Crippen LogP) is 0.244. The molecular formula is C6H9N3. The van der Waals surface area contributed by atoms with Crippen molar-refractivity contribution in [3.63, 3.8) is 0 Å². The van der Waals surface area contributed by atoms with Crippen molar-refractivity contribution in [3.8, 4) is 0 Å². The summed E-state index contributed by atoms with van der Waals surface area (Å²) in [6.07, 6.45) is 1.66. The molecule has 3 nitrogen and oxygen atoms in total. The predicted molar refractivity (Wildman–Crippen MR) is 34.7 cm³/mol. The number of rotatable bonds is 1. The lowest BCUT2D eigenvalue weighted by Gasteiger charge is -1.95. The van der Waals surface area contributed by atoms with Crippen LogP contribution in [0.2, 0.25) is 0 Å². The molecular weight excluding hydrogens is 114 g/mol. The summed E-state index contributed by atoms with van der Waals surface area (Å²) in [6, 6.07) is 1.90. The third-order valence-corrected chi connectivity index (χ3v) is 1.22. The number of nitrogens with zero attached hydrogens (tertiary/aromatic N) is 2. The van der Waals surface area contributed by atoms with Crippen LogP contribution in [0.15, 0.2) is 12.3 Å². The van der Waals surface area contributed by atoms with Gasteiger partial charge in [0.05, 0.1) is 5.69 Å². The topological polar surface area (TPSA) is 51.8 Å². The van der Waals surface area contributed by atoms with Crippen LogP contribution in [-0.4, -0.2) is 10.2 Å². The summed E-state index contributed by atoms with van der Waals surface area (Å²) in [4.78, 5) is 0. The van der Waals surface area contributed by atoms with E-state index in [0.717, 1.165) is 11.3 Å². The van der Waals surface area contributed by atoms with E-state index in [1.54, 1.807) is 6.20 Å². The Morgan fingerprint density at radius 2 is 2.44 bits per heavy atom. The van der Waals surface area contributed by atoms with E-state index in [1.165, 1.54) is 0 Å². The summed E-state index contributed by atoms with van der Waals surface area (Å²) in [7, 11) is 0. The van der Waals surface area contributed by atoms with Crippen LogP contribution in [0.1, 0.15) is 11.3 Å². The Bertz CT molecular complexity index is 197. The fourth-order valence-corrected chi connectivity index (χ4v) is 0.625. The van der Waals surface area contributed by atoms with Gasteiger partial charge in [-0.1, -0.05) is 0 Å². The van der Waals surface area contributed by atoms with Crippen LogP contribution in [0.3, 0.4) is 0 Å². The van der Waals surface area contributed by atoms with Gasteiger partial charge in [-0.3, -0.25) is 0 Å². The highest BCUT2D eigenvalue weighted by atomic mass is 15.1. The van der Waals surface area contributed by atoms with Crippen LogP contribution in [-0.2, 0) is 6.54 Å². The fourth-order valence-electron chi connectivity index (χ4n) is 0.625. The standard InChI is InChI=1S/C6H9N3/c1-5-2-3-8-9-6(5)4-7/h2-3H,4,7H2,1H3. The first-order valence-corrected chi connectivity index (χ1v) is 2.82. The van der Waals surface area contributed by atoms with Gasteiger partial charge in [0.1, 0.15) is 0 Å². The van der Waals surface area contributed by atoms with Gasteiger partial charge in [0, 0.05) is 12.7 Å². The van der Waals surface area contributed by atoms with Crippen molar-refractivity contribution in [3.05, 3.63) is 23.5 Å². The Kier molecular flexibility index (Phi) is 1.75. The molecule has 0 aromatic carbocycles. The quantitative estimate of drug-likeness (QED) is 0.582. The monoisotopic (exact) mass is 123 g/mol. The van der Waals surface area contributed by atoms with Crippen molar-refractivity contribution in [1.29, 1.82) is 0 Å². The van der Waals surface area contributed by atoms with Gasteiger partial charge in [-0.2, -0.15) is 10.2 Å². The average molecular weight is 123 g/mol. The van der Waals surface area contributed by atoms with Gasteiger partial charge < -0.3 is 5.73 Å². The van der Waals surface area contributed by atoms with Crippen LogP contribution in [0, 0.1) is 6.92 Å². The summed E-state index contributed by atoms with van der Waals surface area (Å²) < 4.78 is 0. The second kappa shape index (κ2) is 2.55. The Balaban J connectivity index is 3.01. The first-order valence-electron chi connectivity index (χ1n) is 2.82. The summed E-state index contributed by atoms with van der Waals surface area (Å²) in [5.41, 5.74) is 7.32. The summed E-state index contributed by atoms with van der Waals surface area (Å²) in [6.45, 7) is 2.44. The smallest absolute Gasteiger partial charge is 0.0795 e. The van der Waals surface area contributed by atoms with E-state index in [0.29, 0.717) is 6.54 Å². The molecule has 0 saturated carbocycles. The van der Waals surface area contributed by atoms with E-state index in [2.05, 4.69) is 10.2 Å². The molecule has 0 spiro atoms. The highest BCUT2D eigenvalue weighted by molar-refractivity contribution is 5.13. The van der Waals surface area contributed by atoms with Gasteiger partial charge in [0.2, 0.25) is 0 Å². The fraction of sp³-hybridized carbons (Fsp3) is 0.333. The molecule has 0 aliphatic heterocycles. The zero-order chi connectivity index (χ0) is 6.69. The van der Waals surface area contributed by atoms with Crippen molar-refractivity contribution in [2.24, 2.45) is 5.73 Å². The molecule has 48 valence electrons. The number of aromatic nitrogens is 2. The van der Waals surface area contributed by atoms with E-state index >= 15 is 0 Å². The second-order valence-corrected chi connectivity index (χ2v) is 1.87. The minimum Gasteiger partial charge on any atom is -0.325 e. The average Bonchev–Trinajstić information content (AvgIpc) is 1.89. The van der Waals surface area contributed by atoms with E-state index in [9.17, 15) is 0 Å². The SMILES string of the molecule is Cc1ccnnc1CN. The number of hydrogen-bond acceptors (Lipinski definition) is 3. The molecule has 0 aliphatic carbocycles. The highest BCUT2D eigenvalue weighted by Crippen LogP contribution is 1.98. The molecule has 0 atom stereocenters. The third-order valence-electron chi connectivity index (χ3n) is 1.22. The maximum atomic E-state index is 5.35. The summed E-state index contributed by atoms with van der Waals surface area (Å²) in [5, 5.41) is 7.51. The number of nitrogens with two attached hydrogens (primary N) is 1. The molecule has 0 aliphatic rings. The number of hydrogen-bond donors (Lipinski definition) is 1. The Hall–Kier alpha value is -0.960. The van der Waals surface area contributed by atoms with Crippen LogP contribution in [0.25, 0.3) is 0 Å². The zero-order valence-corrected chi connectivity index (χ0v) is 5.33. The van der Waals surface area contributed by atoms with Gasteiger partial charge >= 0.3 is 0 Å². The second-order valence-electron chi connectivity index (χ2n) is 1.87. The van der Waals surface area contributed by atoms with Gasteiger partial charge in [-0.05, 0) is 18.6 Å². The molecule has 1 aromatic heterocycles. The van der Waals surface area contributed by atoms with Crippen molar-refractivity contribution >= 4 is 0 Å². The molecule has 9 heavy (non-hydrogen) atoms. The van der Waals surface area contributed by atoms with Crippen LogP contribution in [0.5, 0.6) is 0 Å². The van der Waals surface area contributed by atoms with Gasteiger partial charge in [-0.15, -0.1) is 0 Å². The molecule has 3 heteroatoms. The molecule has 0 amide bonds. The Morgan fingerprint density at radius 1 is 1.67 bits per heavy atom. The molecule has 0 saturated heterocycles. The van der Waals surface area contributed by atoms with Gasteiger partial charge in [0.15, 0.2) is 0 Å². The molecule has 0 radical (unpaired) electrons. The molecule has 0 bridgehead atoms. The lowest BCUT2D eigenvalue weighted by atomic mass is 10.2. The zero-order valence-electron chi connectivity index (χ0n) is 5.33. The molecule has 1 aromatic rings. The molecule has 1 heterocycles. The minimum absolute atomic E-state index is 0.472. The summed E-state index contributed by atoms with van der Waals surface area (Å²) in [5.74, 6) is 0. The van der Waals surface area contributed by atoms with Crippen molar-refractivity contribution < 1.29 is 0 Å². The van der Waals surface area contributed by atoms with Crippen molar-refractivity contribution in [2.75, 3.05) is 0 Å². The first-order chi connectivity index (χ1) is 4.34. The van der Waals surface area contributed by atoms with Gasteiger partial charge in [-0.25, -0.2) is 0 Å². The molecule has 1 rings (SSSR count). The lowest BCUT2D eigenvalue weighted by Crippen LogP contribution is -2.02.